The van der Waals surface area contributed by atoms with Crippen molar-refractivity contribution in [3.63, 3.8) is 0 Å². The molecule has 0 aliphatic heterocycles. The van der Waals surface area contributed by atoms with Crippen molar-refractivity contribution in [3.05, 3.63) is 27.8 Å². The lowest BCUT2D eigenvalue weighted by atomic mass is 9.71. The van der Waals surface area contributed by atoms with E-state index < -0.39 is 12.4 Å². The quantitative estimate of drug-likeness (QED) is 0.470. The van der Waals surface area contributed by atoms with Crippen LogP contribution in [-0.4, -0.2) is 6.98 Å². The molecule has 1 aromatic rings. The molecule has 17 heavy (non-hydrogen) atoms. The third kappa shape index (κ3) is 2.32. The molecule has 1 aromatic carbocycles. The predicted octanol–water partition coefficient (Wildman–Crippen LogP) is 3.08. The maximum Gasteiger partial charge on any atom is 0.510 e. The summed E-state index contributed by atoms with van der Waals surface area (Å²) >= 11 is 4.08. The largest absolute Gasteiger partial charge is 0.510 e. The van der Waals surface area contributed by atoms with Gasteiger partial charge < -0.3 is 12.9 Å². The van der Waals surface area contributed by atoms with E-state index in [2.05, 4.69) is 18.5 Å². The molecule has 0 amide bonds. The minimum Gasteiger partial charge on any atom is -0.445 e. The second-order valence-electron chi connectivity index (χ2n) is 4.02. The van der Waals surface area contributed by atoms with Crippen molar-refractivity contribution >= 4 is 25.1 Å². The summed E-state index contributed by atoms with van der Waals surface area (Å²) in [6.45, 7) is -0.394. The van der Waals surface area contributed by atoms with E-state index >= 15 is 0 Å². The zero-order chi connectivity index (χ0) is 13.4. The van der Waals surface area contributed by atoms with Gasteiger partial charge in [0.2, 0.25) is 0 Å². The molecule has 0 nitrogen and oxygen atoms in total. The zero-order valence-corrected chi connectivity index (χ0v) is 10.8. The normalized spacial score (nSPS) is 11.4. The first-order chi connectivity index (χ1) is 7.75. The Hall–Kier alpha value is -1.02. The van der Waals surface area contributed by atoms with Crippen molar-refractivity contribution in [2.24, 2.45) is 0 Å². The third-order valence-electron chi connectivity index (χ3n) is 3.09. The van der Waals surface area contributed by atoms with Crippen LogP contribution in [0.15, 0.2) is 0 Å². The molecule has 0 aliphatic rings. The fourth-order valence-corrected chi connectivity index (χ4v) is 2.71. The SMILES string of the molecule is C#Cc1c(C)c(CS)c(C)c([B-](F)(F)F)c1C. The molecular weight excluding hydrogens is 244 g/mol. The number of halogens is 3. The number of hydrogen-bond donors (Lipinski definition) is 1. The average molecular weight is 257 g/mol. The molecule has 0 spiro atoms. The highest BCUT2D eigenvalue weighted by Gasteiger charge is 2.31. The van der Waals surface area contributed by atoms with Gasteiger partial charge in [-0.3, -0.25) is 0 Å². The first kappa shape index (κ1) is 14.0. The van der Waals surface area contributed by atoms with E-state index in [-0.39, 0.29) is 16.9 Å². The van der Waals surface area contributed by atoms with Gasteiger partial charge in [0, 0.05) is 11.3 Å². The summed E-state index contributed by atoms with van der Waals surface area (Å²) in [7, 11) is 0. The van der Waals surface area contributed by atoms with E-state index in [0.29, 0.717) is 11.1 Å². The van der Waals surface area contributed by atoms with E-state index in [4.69, 9.17) is 6.42 Å². The highest BCUT2D eigenvalue weighted by molar-refractivity contribution is 7.79. The van der Waals surface area contributed by atoms with Crippen LogP contribution in [0.2, 0.25) is 0 Å². The standard InChI is InChI=1S/C12H13BF3S/c1-5-10-7(2)11(6-17)9(4)12(8(10)3)13(14,15)16/h1,17H,6H2,2-4H3/q-1. The lowest BCUT2D eigenvalue weighted by Gasteiger charge is -2.26. The van der Waals surface area contributed by atoms with Gasteiger partial charge in [-0.25, -0.2) is 0 Å². The Morgan fingerprint density at radius 3 is 2.00 bits per heavy atom. The maximum atomic E-state index is 13.0. The van der Waals surface area contributed by atoms with E-state index in [1.807, 2.05) is 0 Å². The summed E-state index contributed by atoms with van der Waals surface area (Å²) in [6, 6.07) is 0. The Morgan fingerprint density at radius 2 is 1.65 bits per heavy atom. The summed E-state index contributed by atoms with van der Waals surface area (Å²) in [4.78, 5) is 0. The molecule has 0 fully saturated rings. The smallest absolute Gasteiger partial charge is 0.445 e. The maximum absolute atomic E-state index is 13.0. The molecule has 1 rings (SSSR count). The van der Waals surface area contributed by atoms with Gasteiger partial charge in [-0.15, -0.1) is 11.9 Å². The van der Waals surface area contributed by atoms with Crippen molar-refractivity contribution in [2.75, 3.05) is 0 Å². The fourth-order valence-electron chi connectivity index (χ4n) is 2.24. The molecule has 5 heteroatoms. The van der Waals surface area contributed by atoms with Crippen LogP contribution < -0.4 is 5.46 Å². The Balaban J connectivity index is 3.81. The zero-order valence-electron chi connectivity index (χ0n) is 9.94. The Morgan fingerprint density at radius 1 is 1.12 bits per heavy atom. The highest BCUT2D eigenvalue weighted by atomic mass is 32.1. The van der Waals surface area contributed by atoms with Crippen LogP contribution in [-0.2, 0) is 5.75 Å². The molecule has 0 aromatic heterocycles. The first-order valence-electron chi connectivity index (χ1n) is 5.15. The van der Waals surface area contributed by atoms with Crippen LogP contribution in [0.5, 0.6) is 0 Å². The molecule has 0 atom stereocenters. The number of thiol groups is 1. The van der Waals surface area contributed by atoms with Gasteiger partial charge in [0.05, 0.1) is 0 Å². The summed E-state index contributed by atoms with van der Waals surface area (Å²) in [5.74, 6) is 2.61. The van der Waals surface area contributed by atoms with Crippen molar-refractivity contribution in [3.8, 4) is 12.3 Å². The molecular formula is C12H13BF3S-. The van der Waals surface area contributed by atoms with Crippen molar-refractivity contribution in [1.82, 2.24) is 0 Å². The molecule has 0 saturated heterocycles. The summed E-state index contributed by atoms with van der Waals surface area (Å²) in [5.41, 5.74) is 1.49. The Kier molecular flexibility index (Phi) is 3.88. The lowest BCUT2D eigenvalue weighted by molar-refractivity contribution is 0.500. The fraction of sp³-hybridized carbons (Fsp3) is 0.333. The molecule has 0 radical (unpaired) electrons. The van der Waals surface area contributed by atoms with E-state index in [1.165, 1.54) is 13.8 Å². The van der Waals surface area contributed by atoms with Crippen LogP contribution >= 0.6 is 12.6 Å². The topological polar surface area (TPSA) is 0 Å². The number of rotatable bonds is 2. The molecule has 0 heterocycles. The Bertz CT molecular complexity index is 498. The summed E-state index contributed by atoms with van der Waals surface area (Å²) in [5, 5.41) is 0. The van der Waals surface area contributed by atoms with Crippen molar-refractivity contribution in [2.45, 2.75) is 26.5 Å². The molecule has 0 aliphatic carbocycles. The Labute approximate surface area is 105 Å². The van der Waals surface area contributed by atoms with Crippen LogP contribution in [0.3, 0.4) is 0 Å². The van der Waals surface area contributed by atoms with Gasteiger partial charge in [-0.05, 0) is 31.9 Å². The number of hydrogen-bond acceptors (Lipinski definition) is 1. The van der Waals surface area contributed by atoms with Gasteiger partial charge in [0.25, 0.3) is 0 Å². The van der Waals surface area contributed by atoms with Gasteiger partial charge >= 0.3 is 6.98 Å². The molecule has 92 valence electrons. The monoisotopic (exact) mass is 257 g/mol. The van der Waals surface area contributed by atoms with E-state index in [0.717, 1.165) is 5.56 Å². The average Bonchev–Trinajstić information content (AvgIpc) is 2.16. The third-order valence-corrected chi connectivity index (χ3v) is 3.41. The van der Waals surface area contributed by atoms with Crippen LogP contribution in [0.4, 0.5) is 12.9 Å². The van der Waals surface area contributed by atoms with Gasteiger partial charge in [-0.2, -0.15) is 12.6 Å². The van der Waals surface area contributed by atoms with E-state index in [9.17, 15) is 12.9 Å². The highest BCUT2D eigenvalue weighted by Crippen LogP contribution is 2.25. The van der Waals surface area contributed by atoms with Crippen molar-refractivity contribution in [1.29, 1.82) is 0 Å². The minimum absolute atomic E-state index is 0.153. The van der Waals surface area contributed by atoms with Gasteiger partial charge in [-0.1, -0.05) is 17.0 Å². The van der Waals surface area contributed by atoms with E-state index in [1.54, 1.807) is 6.92 Å². The van der Waals surface area contributed by atoms with Crippen LogP contribution in [0.1, 0.15) is 27.8 Å². The van der Waals surface area contributed by atoms with Crippen molar-refractivity contribution < 1.29 is 12.9 Å². The second kappa shape index (κ2) is 4.69. The molecule has 0 N–H and O–H groups in total. The van der Waals surface area contributed by atoms with Crippen LogP contribution in [0, 0.1) is 33.1 Å². The lowest BCUT2D eigenvalue weighted by Crippen LogP contribution is -2.40. The predicted molar refractivity (Wildman–Crippen MR) is 70.0 cm³/mol. The number of benzene rings is 1. The second-order valence-corrected chi connectivity index (χ2v) is 4.34. The first-order valence-corrected chi connectivity index (χ1v) is 5.78. The summed E-state index contributed by atoms with van der Waals surface area (Å²) in [6.07, 6.45) is 5.30. The molecule has 0 bridgehead atoms. The summed E-state index contributed by atoms with van der Waals surface area (Å²) < 4.78 is 39.1. The number of terminal acetylenes is 1. The van der Waals surface area contributed by atoms with Gasteiger partial charge in [0.1, 0.15) is 0 Å². The van der Waals surface area contributed by atoms with Crippen LogP contribution in [0.25, 0.3) is 0 Å². The molecule has 0 unspecified atom stereocenters. The van der Waals surface area contributed by atoms with Gasteiger partial charge in [0.15, 0.2) is 0 Å². The molecule has 0 saturated carbocycles. The minimum atomic E-state index is -5.05.